The minimum atomic E-state index is 1.28. The third-order valence-electron chi connectivity index (χ3n) is 3.77. The minimum Gasteiger partial charge on any atom is -0.0610 e. The fourth-order valence-electron chi connectivity index (χ4n) is 3.18. The Bertz CT molecular complexity index is 554. The molecule has 0 radical (unpaired) electrons. The van der Waals surface area contributed by atoms with Gasteiger partial charge in [0.1, 0.15) is 0 Å². The molecule has 15 heavy (non-hydrogen) atoms. The van der Waals surface area contributed by atoms with E-state index in [0.29, 0.717) is 0 Å². The minimum absolute atomic E-state index is 1.28. The second-order valence-electron chi connectivity index (χ2n) is 4.52. The maximum absolute atomic E-state index is 2.29. The summed E-state index contributed by atoms with van der Waals surface area (Å²) in [5, 5.41) is 2.91. The van der Waals surface area contributed by atoms with Gasteiger partial charge in [-0.15, -0.1) is 0 Å². The maximum atomic E-state index is 2.29. The first-order chi connectivity index (χ1) is 7.45. The monoisotopic (exact) mass is 192 g/mol. The van der Waals surface area contributed by atoms with Crippen molar-refractivity contribution >= 4 is 21.9 Å². The van der Waals surface area contributed by atoms with Crippen molar-refractivity contribution in [3.8, 4) is 0 Å². The third-order valence-corrected chi connectivity index (χ3v) is 3.77. The van der Waals surface area contributed by atoms with Crippen LogP contribution in [0.2, 0.25) is 0 Å². The summed E-state index contributed by atoms with van der Waals surface area (Å²) in [6, 6.07) is 13.4. The molecule has 2 aliphatic carbocycles. The Hall–Kier alpha value is -1.56. The van der Waals surface area contributed by atoms with Gasteiger partial charge in [-0.25, -0.2) is 0 Å². The smallest absolute Gasteiger partial charge is 0.00331 e. The zero-order valence-electron chi connectivity index (χ0n) is 8.59. The predicted molar refractivity (Wildman–Crippen MR) is 64.6 cm³/mol. The Morgan fingerprint density at radius 2 is 1.33 bits per heavy atom. The summed E-state index contributed by atoms with van der Waals surface area (Å²) in [6.07, 6.45) is 3.90. The first kappa shape index (κ1) is 7.70. The molecule has 4 rings (SSSR count). The molecular formula is C15H12. The standard InChI is InChI=1S/C15H12/c1-4-10-5-2-9-14-12-7-3-6-11(12)13(8-1)15(10)14/h1-2,4-5,8-9H,3,6-7H2. The molecule has 2 aliphatic rings. The predicted octanol–water partition coefficient (Wildman–Crippen LogP) is 4.25. The van der Waals surface area contributed by atoms with Crippen LogP contribution in [0.4, 0.5) is 0 Å². The molecule has 72 valence electrons. The molecule has 0 atom stereocenters. The maximum Gasteiger partial charge on any atom is -0.00331 e. The highest BCUT2D eigenvalue weighted by molar-refractivity contribution is 6.14. The van der Waals surface area contributed by atoms with E-state index in [1.54, 1.807) is 11.1 Å². The van der Waals surface area contributed by atoms with Crippen LogP contribution in [0.15, 0.2) is 36.4 Å². The summed E-state index contributed by atoms with van der Waals surface area (Å²) in [5.41, 5.74) is 6.27. The van der Waals surface area contributed by atoms with Crippen molar-refractivity contribution in [2.45, 2.75) is 19.3 Å². The number of benzene rings is 2. The van der Waals surface area contributed by atoms with Crippen LogP contribution in [0.5, 0.6) is 0 Å². The molecule has 0 heteroatoms. The lowest BCUT2D eigenvalue weighted by atomic mass is 9.99. The Labute approximate surface area is 89.2 Å². The lowest BCUT2D eigenvalue weighted by molar-refractivity contribution is 0.940. The van der Waals surface area contributed by atoms with E-state index in [2.05, 4.69) is 36.4 Å². The van der Waals surface area contributed by atoms with Gasteiger partial charge in [-0.3, -0.25) is 0 Å². The van der Waals surface area contributed by atoms with Crippen molar-refractivity contribution in [2.75, 3.05) is 0 Å². The van der Waals surface area contributed by atoms with Crippen molar-refractivity contribution in [1.82, 2.24) is 0 Å². The van der Waals surface area contributed by atoms with Crippen LogP contribution < -0.4 is 0 Å². The van der Waals surface area contributed by atoms with Crippen molar-refractivity contribution in [2.24, 2.45) is 0 Å². The summed E-state index contributed by atoms with van der Waals surface area (Å²) in [5.74, 6) is 0. The normalized spacial score (nSPS) is 17.6. The summed E-state index contributed by atoms with van der Waals surface area (Å²) < 4.78 is 0. The quantitative estimate of drug-likeness (QED) is 0.585. The van der Waals surface area contributed by atoms with E-state index < -0.39 is 0 Å². The van der Waals surface area contributed by atoms with Crippen LogP contribution in [-0.4, -0.2) is 0 Å². The largest absolute Gasteiger partial charge is 0.0610 e. The van der Waals surface area contributed by atoms with Crippen LogP contribution in [0.3, 0.4) is 0 Å². The number of hydrogen-bond donors (Lipinski definition) is 0. The highest BCUT2D eigenvalue weighted by Gasteiger charge is 2.26. The van der Waals surface area contributed by atoms with Gasteiger partial charge in [-0.05, 0) is 52.3 Å². The molecule has 0 unspecified atom stereocenters. The van der Waals surface area contributed by atoms with Crippen molar-refractivity contribution in [1.29, 1.82) is 0 Å². The zero-order valence-corrected chi connectivity index (χ0v) is 8.59. The fraction of sp³-hybridized carbons (Fsp3) is 0.200. The average molecular weight is 192 g/mol. The summed E-state index contributed by atoms with van der Waals surface area (Å²) in [7, 11) is 0. The van der Waals surface area contributed by atoms with Crippen molar-refractivity contribution in [3.05, 3.63) is 47.5 Å². The number of fused-ring (bicyclic) bond motifs is 2. The second kappa shape index (κ2) is 2.52. The average Bonchev–Trinajstić information content (AvgIpc) is 2.84. The van der Waals surface area contributed by atoms with E-state index in [4.69, 9.17) is 0 Å². The molecule has 0 N–H and O–H groups in total. The van der Waals surface area contributed by atoms with Gasteiger partial charge < -0.3 is 0 Å². The van der Waals surface area contributed by atoms with Gasteiger partial charge in [0, 0.05) is 0 Å². The van der Waals surface area contributed by atoms with E-state index >= 15 is 0 Å². The van der Waals surface area contributed by atoms with Crippen LogP contribution in [0.1, 0.15) is 30.4 Å². The Morgan fingerprint density at radius 3 is 1.93 bits per heavy atom. The summed E-state index contributed by atoms with van der Waals surface area (Å²) >= 11 is 0. The highest BCUT2D eigenvalue weighted by atomic mass is 14.3. The number of allylic oxidation sites excluding steroid dienone is 2. The molecule has 2 aromatic rings. The molecule has 0 spiro atoms. The van der Waals surface area contributed by atoms with Gasteiger partial charge >= 0.3 is 0 Å². The topological polar surface area (TPSA) is 0 Å². The molecular weight excluding hydrogens is 180 g/mol. The van der Waals surface area contributed by atoms with Crippen LogP contribution in [-0.2, 0) is 0 Å². The Morgan fingerprint density at radius 1 is 0.733 bits per heavy atom. The molecule has 0 saturated carbocycles. The second-order valence-corrected chi connectivity index (χ2v) is 4.52. The molecule has 2 aromatic carbocycles. The molecule has 0 nitrogen and oxygen atoms in total. The van der Waals surface area contributed by atoms with E-state index in [-0.39, 0.29) is 0 Å². The SMILES string of the molecule is c1cc2c3c(cccc3c1)C1=C2CCC1. The van der Waals surface area contributed by atoms with Crippen LogP contribution >= 0.6 is 0 Å². The zero-order chi connectivity index (χ0) is 9.83. The lowest BCUT2D eigenvalue weighted by Gasteiger charge is -2.05. The Balaban J connectivity index is 2.22. The van der Waals surface area contributed by atoms with Crippen LogP contribution in [0.25, 0.3) is 21.9 Å². The third kappa shape index (κ3) is 0.829. The molecule has 0 saturated heterocycles. The number of rotatable bonds is 0. The summed E-state index contributed by atoms with van der Waals surface area (Å²) in [4.78, 5) is 0. The summed E-state index contributed by atoms with van der Waals surface area (Å²) in [6.45, 7) is 0. The molecule has 0 heterocycles. The van der Waals surface area contributed by atoms with E-state index in [0.717, 1.165) is 0 Å². The van der Waals surface area contributed by atoms with E-state index in [9.17, 15) is 0 Å². The molecule has 0 aliphatic heterocycles. The number of hydrogen-bond acceptors (Lipinski definition) is 0. The van der Waals surface area contributed by atoms with Gasteiger partial charge in [0.2, 0.25) is 0 Å². The van der Waals surface area contributed by atoms with E-state index in [1.165, 1.54) is 41.2 Å². The van der Waals surface area contributed by atoms with Crippen molar-refractivity contribution in [3.63, 3.8) is 0 Å². The van der Waals surface area contributed by atoms with Gasteiger partial charge in [0.15, 0.2) is 0 Å². The molecule has 0 fully saturated rings. The van der Waals surface area contributed by atoms with Gasteiger partial charge in [0.05, 0.1) is 0 Å². The lowest BCUT2D eigenvalue weighted by Crippen LogP contribution is -1.82. The highest BCUT2D eigenvalue weighted by Crippen LogP contribution is 2.49. The molecule has 0 aromatic heterocycles. The molecule has 0 bridgehead atoms. The van der Waals surface area contributed by atoms with Crippen molar-refractivity contribution < 1.29 is 0 Å². The first-order valence-corrected chi connectivity index (χ1v) is 5.70. The van der Waals surface area contributed by atoms with Gasteiger partial charge in [-0.2, -0.15) is 0 Å². The fourth-order valence-corrected chi connectivity index (χ4v) is 3.18. The van der Waals surface area contributed by atoms with Crippen LogP contribution in [0, 0.1) is 0 Å². The van der Waals surface area contributed by atoms with Gasteiger partial charge in [-0.1, -0.05) is 36.4 Å². The molecule has 0 amide bonds. The Kier molecular flexibility index (Phi) is 1.29. The van der Waals surface area contributed by atoms with Gasteiger partial charge in [0.25, 0.3) is 0 Å². The first-order valence-electron chi connectivity index (χ1n) is 5.70. The van der Waals surface area contributed by atoms with E-state index in [1.807, 2.05) is 0 Å².